The molecule has 110 valence electrons. The molecule has 0 aliphatic carbocycles. The number of nitrogens with one attached hydrogen (secondary N) is 1. The minimum atomic E-state index is 0.441. The summed E-state index contributed by atoms with van der Waals surface area (Å²) in [6, 6.07) is 5.09. The molecule has 0 spiro atoms. The Labute approximate surface area is 122 Å². The Morgan fingerprint density at radius 1 is 1.25 bits per heavy atom. The van der Waals surface area contributed by atoms with Crippen molar-refractivity contribution in [3.05, 3.63) is 28.8 Å². The van der Waals surface area contributed by atoms with E-state index >= 15 is 0 Å². The molecular formula is C17H26N2O. The van der Waals surface area contributed by atoms with Crippen molar-refractivity contribution < 1.29 is 4.74 Å². The van der Waals surface area contributed by atoms with E-state index in [1.165, 1.54) is 49.0 Å². The number of piperidine rings is 1. The SMILES string of the molecule is COc1cc2c(cc1CN1CCCCC1)CCNC2C. The fourth-order valence-corrected chi connectivity index (χ4v) is 3.52. The zero-order valence-corrected chi connectivity index (χ0v) is 12.7. The molecule has 1 N–H and O–H groups in total. The van der Waals surface area contributed by atoms with Crippen molar-refractivity contribution in [1.29, 1.82) is 0 Å². The summed E-state index contributed by atoms with van der Waals surface area (Å²) in [6.07, 6.45) is 5.21. The van der Waals surface area contributed by atoms with Gasteiger partial charge in [0.1, 0.15) is 5.75 Å². The van der Waals surface area contributed by atoms with Crippen LogP contribution in [-0.4, -0.2) is 31.6 Å². The normalized spacial score (nSPS) is 23.4. The third-order valence-electron chi connectivity index (χ3n) is 4.70. The van der Waals surface area contributed by atoms with Gasteiger partial charge in [-0.15, -0.1) is 0 Å². The number of fused-ring (bicyclic) bond motifs is 1. The molecule has 1 unspecified atom stereocenters. The van der Waals surface area contributed by atoms with Gasteiger partial charge in [-0.1, -0.05) is 12.5 Å². The smallest absolute Gasteiger partial charge is 0.123 e. The molecule has 1 aromatic carbocycles. The molecule has 0 amide bonds. The summed E-state index contributed by atoms with van der Waals surface area (Å²) in [5, 5.41) is 3.52. The van der Waals surface area contributed by atoms with Crippen molar-refractivity contribution >= 4 is 0 Å². The molecule has 2 aliphatic heterocycles. The van der Waals surface area contributed by atoms with E-state index in [4.69, 9.17) is 4.74 Å². The van der Waals surface area contributed by atoms with Crippen LogP contribution in [0, 0.1) is 0 Å². The molecule has 1 aromatic rings. The number of rotatable bonds is 3. The lowest BCUT2D eigenvalue weighted by molar-refractivity contribution is 0.218. The maximum atomic E-state index is 5.65. The van der Waals surface area contributed by atoms with E-state index in [2.05, 4.69) is 29.3 Å². The van der Waals surface area contributed by atoms with Gasteiger partial charge in [-0.2, -0.15) is 0 Å². The Hall–Kier alpha value is -1.06. The topological polar surface area (TPSA) is 24.5 Å². The van der Waals surface area contributed by atoms with Crippen molar-refractivity contribution in [3.8, 4) is 5.75 Å². The van der Waals surface area contributed by atoms with Gasteiger partial charge in [-0.3, -0.25) is 4.90 Å². The maximum Gasteiger partial charge on any atom is 0.123 e. The summed E-state index contributed by atoms with van der Waals surface area (Å²) in [5.41, 5.74) is 4.28. The zero-order valence-electron chi connectivity index (χ0n) is 12.7. The fraction of sp³-hybridized carbons (Fsp3) is 0.647. The third kappa shape index (κ3) is 2.84. The summed E-state index contributed by atoms with van der Waals surface area (Å²) in [6.45, 7) is 6.83. The van der Waals surface area contributed by atoms with Gasteiger partial charge in [-0.25, -0.2) is 0 Å². The monoisotopic (exact) mass is 274 g/mol. The molecule has 20 heavy (non-hydrogen) atoms. The Morgan fingerprint density at radius 3 is 2.80 bits per heavy atom. The van der Waals surface area contributed by atoms with Crippen LogP contribution in [0.15, 0.2) is 12.1 Å². The molecule has 3 nitrogen and oxygen atoms in total. The van der Waals surface area contributed by atoms with Gasteiger partial charge >= 0.3 is 0 Å². The van der Waals surface area contributed by atoms with E-state index in [0.29, 0.717) is 6.04 Å². The predicted molar refractivity (Wildman–Crippen MR) is 82.2 cm³/mol. The van der Waals surface area contributed by atoms with Crippen molar-refractivity contribution in [3.63, 3.8) is 0 Å². The number of hydrogen-bond donors (Lipinski definition) is 1. The molecule has 2 heterocycles. The van der Waals surface area contributed by atoms with Crippen LogP contribution in [0.2, 0.25) is 0 Å². The lowest BCUT2D eigenvalue weighted by atomic mass is 9.92. The summed E-state index contributed by atoms with van der Waals surface area (Å²) in [5.74, 6) is 1.06. The van der Waals surface area contributed by atoms with E-state index in [1.807, 2.05) is 0 Å². The average Bonchev–Trinajstić information content (AvgIpc) is 2.48. The van der Waals surface area contributed by atoms with E-state index in [9.17, 15) is 0 Å². The standard InChI is InChI=1S/C17H26N2O/c1-13-16-11-17(20-2)15(10-14(16)6-7-18-13)12-19-8-4-3-5-9-19/h10-11,13,18H,3-9,12H2,1-2H3. The number of likely N-dealkylation sites (tertiary alicyclic amines) is 1. The van der Waals surface area contributed by atoms with Crippen LogP contribution >= 0.6 is 0 Å². The first-order valence-electron chi connectivity index (χ1n) is 7.93. The molecule has 3 heteroatoms. The molecular weight excluding hydrogens is 248 g/mol. The largest absolute Gasteiger partial charge is 0.496 e. The van der Waals surface area contributed by atoms with E-state index in [0.717, 1.165) is 25.3 Å². The van der Waals surface area contributed by atoms with E-state index in [1.54, 1.807) is 7.11 Å². The third-order valence-corrected chi connectivity index (χ3v) is 4.70. The molecule has 0 radical (unpaired) electrons. The quantitative estimate of drug-likeness (QED) is 0.917. The Morgan fingerprint density at radius 2 is 2.05 bits per heavy atom. The lowest BCUT2D eigenvalue weighted by Crippen LogP contribution is -2.30. The van der Waals surface area contributed by atoms with Crippen LogP contribution in [0.1, 0.15) is 48.9 Å². The average molecular weight is 274 g/mol. The van der Waals surface area contributed by atoms with Crippen molar-refractivity contribution in [1.82, 2.24) is 10.2 Å². The molecule has 1 saturated heterocycles. The lowest BCUT2D eigenvalue weighted by Gasteiger charge is -2.29. The van der Waals surface area contributed by atoms with Crippen LogP contribution in [0.25, 0.3) is 0 Å². The van der Waals surface area contributed by atoms with Gasteiger partial charge in [-0.05, 0) is 63.0 Å². The first-order chi connectivity index (χ1) is 9.78. The predicted octanol–water partition coefficient (Wildman–Crippen LogP) is 2.89. The van der Waals surface area contributed by atoms with E-state index in [-0.39, 0.29) is 0 Å². The second-order valence-corrected chi connectivity index (χ2v) is 6.13. The number of nitrogens with zero attached hydrogens (tertiary/aromatic N) is 1. The van der Waals surface area contributed by atoms with Crippen LogP contribution < -0.4 is 10.1 Å². The molecule has 3 rings (SSSR count). The first kappa shape index (κ1) is 13.9. The summed E-state index contributed by atoms with van der Waals surface area (Å²) < 4.78 is 5.65. The fourth-order valence-electron chi connectivity index (χ4n) is 3.52. The van der Waals surface area contributed by atoms with Crippen molar-refractivity contribution in [2.45, 2.75) is 45.2 Å². The Balaban J connectivity index is 1.85. The molecule has 0 aromatic heterocycles. The van der Waals surface area contributed by atoms with Gasteiger partial charge in [0.05, 0.1) is 7.11 Å². The zero-order chi connectivity index (χ0) is 13.9. The van der Waals surface area contributed by atoms with Gasteiger partial charge in [0.2, 0.25) is 0 Å². The first-order valence-corrected chi connectivity index (χ1v) is 7.93. The maximum absolute atomic E-state index is 5.65. The summed E-state index contributed by atoms with van der Waals surface area (Å²) >= 11 is 0. The second kappa shape index (κ2) is 6.15. The van der Waals surface area contributed by atoms with E-state index < -0.39 is 0 Å². The number of hydrogen-bond acceptors (Lipinski definition) is 3. The van der Waals surface area contributed by atoms with Crippen LogP contribution in [0.3, 0.4) is 0 Å². The Bertz CT molecular complexity index is 466. The number of benzene rings is 1. The Kier molecular flexibility index (Phi) is 4.27. The highest BCUT2D eigenvalue weighted by Gasteiger charge is 2.20. The molecule has 1 atom stereocenters. The van der Waals surface area contributed by atoms with Gasteiger partial charge < -0.3 is 10.1 Å². The minimum Gasteiger partial charge on any atom is -0.496 e. The van der Waals surface area contributed by atoms with Gasteiger partial charge in [0.15, 0.2) is 0 Å². The summed E-state index contributed by atoms with van der Waals surface area (Å²) in [7, 11) is 1.79. The molecule has 0 bridgehead atoms. The molecule has 0 saturated carbocycles. The van der Waals surface area contributed by atoms with Crippen molar-refractivity contribution in [2.75, 3.05) is 26.7 Å². The second-order valence-electron chi connectivity index (χ2n) is 6.13. The minimum absolute atomic E-state index is 0.441. The van der Waals surface area contributed by atoms with Crippen LogP contribution in [0.5, 0.6) is 5.75 Å². The van der Waals surface area contributed by atoms with Crippen LogP contribution in [0.4, 0.5) is 0 Å². The molecule has 1 fully saturated rings. The number of methoxy groups -OCH3 is 1. The van der Waals surface area contributed by atoms with Crippen LogP contribution in [-0.2, 0) is 13.0 Å². The number of ether oxygens (including phenoxy) is 1. The van der Waals surface area contributed by atoms with Crippen molar-refractivity contribution in [2.24, 2.45) is 0 Å². The summed E-state index contributed by atoms with van der Waals surface area (Å²) in [4.78, 5) is 2.57. The highest BCUT2D eigenvalue weighted by molar-refractivity contribution is 5.45. The highest BCUT2D eigenvalue weighted by Crippen LogP contribution is 2.31. The molecule has 2 aliphatic rings. The van der Waals surface area contributed by atoms with Gasteiger partial charge in [0.25, 0.3) is 0 Å². The highest BCUT2D eigenvalue weighted by atomic mass is 16.5. The van der Waals surface area contributed by atoms with Gasteiger partial charge in [0, 0.05) is 18.2 Å².